The molecule has 0 amide bonds. The predicted molar refractivity (Wildman–Crippen MR) is 82.1 cm³/mol. The standard InChI is InChI=1S/2C9H10O3/c1-5-2-3-6-7(4-5)9(11)12-8(6)10;1-5-3-2-4-6-7(5)9(11)12-8(6)10/h4,6-7H,2-3H2,1H3;2-3,5-7H,4H2,1H3. The second-order valence-corrected chi connectivity index (χ2v) is 6.82. The topological polar surface area (TPSA) is 86.7 Å². The van der Waals surface area contributed by atoms with E-state index in [1.54, 1.807) is 0 Å². The maximum atomic E-state index is 11.2. The molecule has 5 atom stereocenters. The van der Waals surface area contributed by atoms with Gasteiger partial charge in [-0.25, -0.2) is 0 Å². The Bertz CT molecular complexity index is 658. The number of carbonyl (C=O) groups is 4. The molecule has 2 heterocycles. The molecule has 0 bridgehead atoms. The van der Waals surface area contributed by atoms with E-state index < -0.39 is 0 Å². The largest absolute Gasteiger partial charge is 0.393 e. The Hall–Kier alpha value is -2.24. The van der Waals surface area contributed by atoms with Crippen LogP contribution in [0.3, 0.4) is 0 Å². The summed E-state index contributed by atoms with van der Waals surface area (Å²) in [6, 6.07) is 0. The maximum Gasteiger partial charge on any atom is 0.321 e. The first kappa shape index (κ1) is 16.6. The van der Waals surface area contributed by atoms with Crippen LogP contribution in [0.1, 0.15) is 33.1 Å². The Balaban J connectivity index is 0.000000141. The van der Waals surface area contributed by atoms with Gasteiger partial charge in [0.15, 0.2) is 0 Å². The smallest absolute Gasteiger partial charge is 0.321 e. The molecule has 2 fully saturated rings. The molecule has 4 aliphatic rings. The fraction of sp³-hybridized carbons (Fsp3) is 0.556. The Labute approximate surface area is 139 Å². The van der Waals surface area contributed by atoms with Gasteiger partial charge in [0.1, 0.15) is 0 Å². The van der Waals surface area contributed by atoms with Gasteiger partial charge in [-0.1, -0.05) is 30.7 Å². The monoisotopic (exact) mass is 332 g/mol. The summed E-state index contributed by atoms with van der Waals surface area (Å²) in [5.74, 6) is -2.17. The highest BCUT2D eigenvalue weighted by Gasteiger charge is 2.47. The third kappa shape index (κ3) is 2.92. The second kappa shape index (κ2) is 6.34. The molecular formula is C18H20O6. The first-order valence-corrected chi connectivity index (χ1v) is 8.23. The van der Waals surface area contributed by atoms with E-state index in [1.165, 1.54) is 5.57 Å². The molecule has 0 N–H and O–H groups in total. The van der Waals surface area contributed by atoms with Crippen LogP contribution in [-0.4, -0.2) is 23.9 Å². The third-order valence-electron chi connectivity index (χ3n) is 5.13. The van der Waals surface area contributed by atoms with Crippen LogP contribution >= 0.6 is 0 Å². The lowest BCUT2D eigenvalue weighted by Crippen LogP contribution is -2.25. The summed E-state index contributed by atoms with van der Waals surface area (Å²) in [6.45, 7) is 3.92. The van der Waals surface area contributed by atoms with Crippen molar-refractivity contribution in [3.63, 3.8) is 0 Å². The molecule has 6 heteroatoms. The van der Waals surface area contributed by atoms with E-state index in [4.69, 9.17) is 0 Å². The van der Waals surface area contributed by atoms with E-state index in [0.717, 1.165) is 12.8 Å². The van der Waals surface area contributed by atoms with Gasteiger partial charge < -0.3 is 9.47 Å². The molecule has 0 radical (unpaired) electrons. The quantitative estimate of drug-likeness (QED) is 0.383. The van der Waals surface area contributed by atoms with Gasteiger partial charge in [0, 0.05) is 0 Å². The number of hydrogen-bond donors (Lipinski definition) is 0. The lowest BCUT2D eigenvalue weighted by atomic mass is 9.78. The average Bonchev–Trinajstić information content (AvgIpc) is 2.98. The van der Waals surface area contributed by atoms with Gasteiger partial charge in [-0.15, -0.1) is 0 Å². The Morgan fingerprint density at radius 2 is 1.62 bits per heavy atom. The van der Waals surface area contributed by atoms with Gasteiger partial charge in [-0.3, -0.25) is 19.2 Å². The zero-order valence-electron chi connectivity index (χ0n) is 13.7. The average molecular weight is 332 g/mol. The molecule has 2 saturated heterocycles. The van der Waals surface area contributed by atoms with Crippen LogP contribution in [0.4, 0.5) is 0 Å². The fourth-order valence-corrected chi connectivity index (χ4v) is 3.75. The van der Waals surface area contributed by atoms with Crippen molar-refractivity contribution < 1.29 is 28.7 Å². The van der Waals surface area contributed by atoms with E-state index in [2.05, 4.69) is 9.47 Å². The SMILES string of the molecule is CC1=CC2C(=O)OC(=O)C2CC1.CC1C=CCC2C(=O)OC(=O)C12. The Kier molecular flexibility index (Phi) is 4.39. The number of ether oxygens (including phenoxy) is 2. The first-order valence-electron chi connectivity index (χ1n) is 8.23. The minimum atomic E-state index is -0.371. The van der Waals surface area contributed by atoms with Crippen molar-refractivity contribution in [1.29, 1.82) is 0 Å². The number of rotatable bonds is 0. The molecular weight excluding hydrogens is 312 g/mol. The van der Waals surface area contributed by atoms with Crippen LogP contribution in [0.2, 0.25) is 0 Å². The number of fused-ring (bicyclic) bond motifs is 2. The molecule has 0 aromatic carbocycles. The normalized spacial score (nSPS) is 36.9. The van der Waals surface area contributed by atoms with Crippen LogP contribution in [0.5, 0.6) is 0 Å². The van der Waals surface area contributed by atoms with E-state index in [-0.39, 0.29) is 53.5 Å². The number of carbonyl (C=O) groups excluding carboxylic acids is 4. The summed E-state index contributed by atoms with van der Waals surface area (Å²) < 4.78 is 9.09. The van der Waals surface area contributed by atoms with Gasteiger partial charge in [0.05, 0.1) is 23.7 Å². The number of cyclic esters (lactones) is 4. The van der Waals surface area contributed by atoms with Crippen LogP contribution in [0.15, 0.2) is 23.8 Å². The van der Waals surface area contributed by atoms with Crippen molar-refractivity contribution in [2.75, 3.05) is 0 Å². The van der Waals surface area contributed by atoms with Gasteiger partial charge >= 0.3 is 23.9 Å². The van der Waals surface area contributed by atoms with E-state index in [0.29, 0.717) is 6.42 Å². The van der Waals surface area contributed by atoms with Gasteiger partial charge in [-0.05, 0) is 32.1 Å². The highest BCUT2D eigenvalue weighted by Crippen LogP contribution is 2.36. The minimum absolute atomic E-state index is 0.141. The van der Waals surface area contributed by atoms with Gasteiger partial charge in [-0.2, -0.15) is 0 Å². The molecule has 0 saturated carbocycles. The fourth-order valence-electron chi connectivity index (χ4n) is 3.75. The molecule has 6 nitrogen and oxygen atoms in total. The van der Waals surface area contributed by atoms with Crippen molar-refractivity contribution in [3.05, 3.63) is 23.8 Å². The third-order valence-corrected chi connectivity index (χ3v) is 5.13. The van der Waals surface area contributed by atoms with Gasteiger partial charge in [0.2, 0.25) is 0 Å². The summed E-state index contributed by atoms with van der Waals surface area (Å²) in [4.78, 5) is 44.4. The molecule has 0 spiro atoms. The summed E-state index contributed by atoms with van der Waals surface area (Å²) >= 11 is 0. The van der Waals surface area contributed by atoms with E-state index in [9.17, 15) is 19.2 Å². The van der Waals surface area contributed by atoms with Crippen molar-refractivity contribution in [2.45, 2.75) is 33.1 Å². The minimum Gasteiger partial charge on any atom is -0.393 e. The second-order valence-electron chi connectivity index (χ2n) is 6.82. The van der Waals surface area contributed by atoms with Crippen LogP contribution < -0.4 is 0 Å². The van der Waals surface area contributed by atoms with Gasteiger partial charge in [0.25, 0.3) is 0 Å². The Morgan fingerprint density at radius 1 is 0.958 bits per heavy atom. The molecule has 2 aliphatic carbocycles. The zero-order valence-corrected chi connectivity index (χ0v) is 13.7. The van der Waals surface area contributed by atoms with Crippen molar-refractivity contribution >= 4 is 23.9 Å². The van der Waals surface area contributed by atoms with E-state index in [1.807, 2.05) is 32.1 Å². The van der Waals surface area contributed by atoms with Crippen molar-refractivity contribution in [3.8, 4) is 0 Å². The molecule has 24 heavy (non-hydrogen) atoms. The van der Waals surface area contributed by atoms with Crippen molar-refractivity contribution in [2.24, 2.45) is 29.6 Å². The van der Waals surface area contributed by atoms with Crippen LogP contribution in [-0.2, 0) is 28.7 Å². The molecule has 128 valence electrons. The molecule has 0 aromatic heterocycles. The summed E-state index contributed by atoms with van der Waals surface area (Å²) in [5.41, 5.74) is 1.18. The van der Waals surface area contributed by atoms with Crippen molar-refractivity contribution in [1.82, 2.24) is 0 Å². The first-order chi connectivity index (χ1) is 11.4. The molecule has 5 unspecified atom stereocenters. The maximum absolute atomic E-state index is 11.2. The molecule has 0 aromatic rings. The predicted octanol–water partition coefficient (Wildman–Crippen LogP) is 1.94. The zero-order chi connectivity index (χ0) is 17.4. The van der Waals surface area contributed by atoms with E-state index >= 15 is 0 Å². The summed E-state index contributed by atoms with van der Waals surface area (Å²) in [5, 5.41) is 0. The summed E-state index contributed by atoms with van der Waals surface area (Å²) in [7, 11) is 0. The number of esters is 4. The summed E-state index contributed by atoms with van der Waals surface area (Å²) in [6.07, 6.45) is 8.11. The number of allylic oxidation sites excluding steroid dienone is 3. The lowest BCUT2D eigenvalue weighted by molar-refractivity contribution is -0.155. The lowest BCUT2D eigenvalue weighted by Gasteiger charge is -2.20. The highest BCUT2D eigenvalue weighted by molar-refractivity contribution is 5.98. The molecule has 4 rings (SSSR count). The molecule has 2 aliphatic heterocycles. The number of hydrogen-bond acceptors (Lipinski definition) is 6. The Morgan fingerprint density at radius 3 is 2.33 bits per heavy atom. The highest BCUT2D eigenvalue weighted by atomic mass is 16.6. The van der Waals surface area contributed by atoms with Crippen LogP contribution in [0, 0.1) is 29.6 Å². The van der Waals surface area contributed by atoms with Crippen LogP contribution in [0.25, 0.3) is 0 Å².